The SMILES string of the molecule is Cn1cnnc1CC1(c2cccc(N3C(=O)c4cc(CNCC5COC(C)(C)O5)cc(C(F)(F)F)c4C3OC=O)c2)CC(F)(F)C1. The van der Waals surface area contributed by atoms with Gasteiger partial charge in [0.25, 0.3) is 12.4 Å². The van der Waals surface area contributed by atoms with Crippen LogP contribution in [0, 0.1) is 0 Å². The number of amides is 1. The number of benzene rings is 2. The molecule has 6 rings (SSSR count). The average Bonchev–Trinajstić information content (AvgIpc) is 3.61. The topological polar surface area (TPSA) is 108 Å². The molecule has 1 saturated heterocycles. The molecule has 0 bridgehead atoms. The minimum absolute atomic E-state index is 0.0165. The maximum Gasteiger partial charge on any atom is 0.416 e. The lowest BCUT2D eigenvalue weighted by Gasteiger charge is -2.48. The van der Waals surface area contributed by atoms with Crippen molar-refractivity contribution in [2.75, 3.05) is 18.1 Å². The first-order valence-corrected chi connectivity index (χ1v) is 14.6. The number of hydrogen-bond donors (Lipinski definition) is 1. The van der Waals surface area contributed by atoms with Gasteiger partial charge >= 0.3 is 6.18 Å². The molecule has 1 N–H and O–H groups in total. The number of fused-ring (bicyclic) bond motifs is 1. The lowest BCUT2D eigenvalue weighted by Crippen LogP contribution is -2.51. The molecule has 1 saturated carbocycles. The second-order valence-corrected chi connectivity index (χ2v) is 12.5. The summed E-state index contributed by atoms with van der Waals surface area (Å²) in [7, 11) is 1.69. The van der Waals surface area contributed by atoms with Crippen LogP contribution in [0.2, 0.25) is 0 Å². The zero-order valence-corrected chi connectivity index (χ0v) is 25.2. The van der Waals surface area contributed by atoms with Crippen molar-refractivity contribution in [2.45, 2.75) is 75.3 Å². The van der Waals surface area contributed by atoms with E-state index in [0.717, 1.165) is 11.0 Å². The average molecular weight is 650 g/mol. The number of aryl methyl sites for hydroxylation is 1. The minimum Gasteiger partial charge on any atom is -0.439 e. The Labute approximate surface area is 260 Å². The van der Waals surface area contributed by atoms with E-state index in [1.807, 2.05) is 0 Å². The number of ether oxygens (including phenoxy) is 3. The molecule has 46 heavy (non-hydrogen) atoms. The zero-order chi connectivity index (χ0) is 33.1. The van der Waals surface area contributed by atoms with Gasteiger partial charge in [-0.05, 0) is 49.2 Å². The number of carbonyl (C=O) groups is 2. The maximum absolute atomic E-state index is 14.5. The summed E-state index contributed by atoms with van der Waals surface area (Å²) in [5.74, 6) is -4.06. The molecule has 0 radical (unpaired) electrons. The van der Waals surface area contributed by atoms with Crippen LogP contribution in [0.15, 0.2) is 42.7 Å². The molecule has 0 spiro atoms. The fourth-order valence-corrected chi connectivity index (χ4v) is 6.66. The van der Waals surface area contributed by atoms with Gasteiger partial charge in [-0.2, -0.15) is 13.2 Å². The molecule has 3 aromatic rings. The Morgan fingerprint density at radius 3 is 2.54 bits per heavy atom. The number of nitrogens with one attached hydrogen (secondary N) is 1. The second kappa shape index (κ2) is 11.4. The Morgan fingerprint density at radius 1 is 1.17 bits per heavy atom. The van der Waals surface area contributed by atoms with Gasteiger partial charge in [0.1, 0.15) is 12.2 Å². The number of hydrogen-bond acceptors (Lipinski definition) is 8. The quantitative estimate of drug-likeness (QED) is 0.246. The summed E-state index contributed by atoms with van der Waals surface area (Å²) in [4.78, 5) is 26.4. The lowest BCUT2D eigenvalue weighted by atomic mass is 9.60. The van der Waals surface area contributed by atoms with Gasteiger partial charge in [0, 0.05) is 61.6 Å². The van der Waals surface area contributed by atoms with Gasteiger partial charge in [-0.3, -0.25) is 14.5 Å². The highest BCUT2D eigenvalue weighted by Gasteiger charge is 2.58. The first-order chi connectivity index (χ1) is 21.6. The van der Waals surface area contributed by atoms with Crippen molar-refractivity contribution < 1.29 is 45.8 Å². The fraction of sp³-hybridized carbons (Fsp3) is 0.484. The fourth-order valence-electron chi connectivity index (χ4n) is 6.66. The normalized spacial score (nSPS) is 22.9. The Hall–Kier alpha value is -3.95. The van der Waals surface area contributed by atoms with Crippen molar-refractivity contribution in [1.82, 2.24) is 20.1 Å². The molecule has 2 unspecified atom stereocenters. The molecule has 3 aliphatic rings. The Bertz CT molecular complexity index is 1650. The number of rotatable bonds is 10. The van der Waals surface area contributed by atoms with Crippen LogP contribution >= 0.6 is 0 Å². The molecule has 2 fully saturated rings. The van der Waals surface area contributed by atoms with Crippen molar-refractivity contribution in [1.29, 1.82) is 0 Å². The summed E-state index contributed by atoms with van der Waals surface area (Å²) < 4.78 is 90.2. The van der Waals surface area contributed by atoms with Crippen LogP contribution in [0.4, 0.5) is 27.6 Å². The summed E-state index contributed by atoms with van der Waals surface area (Å²) in [6.45, 7) is 4.08. The number of anilines is 1. The molecule has 1 aliphatic carbocycles. The Kier molecular flexibility index (Phi) is 7.92. The number of carbonyl (C=O) groups excluding carboxylic acids is 2. The van der Waals surface area contributed by atoms with E-state index in [0.29, 0.717) is 24.5 Å². The molecular weight excluding hydrogens is 617 g/mol. The van der Waals surface area contributed by atoms with E-state index in [2.05, 4.69) is 15.5 Å². The number of nitrogens with zero attached hydrogens (tertiary/aromatic N) is 4. The van der Waals surface area contributed by atoms with E-state index in [1.165, 1.54) is 30.6 Å². The molecule has 246 valence electrons. The van der Waals surface area contributed by atoms with Gasteiger partial charge < -0.3 is 24.1 Å². The van der Waals surface area contributed by atoms with Crippen LogP contribution < -0.4 is 10.2 Å². The highest BCUT2D eigenvalue weighted by molar-refractivity contribution is 6.11. The van der Waals surface area contributed by atoms with Crippen molar-refractivity contribution >= 4 is 18.1 Å². The zero-order valence-electron chi connectivity index (χ0n) is 25.2. The molecule has 1 aromatic heterocycles. The van der Waals surface area contributed by atoms with Crippen LogP contribution in [0.25, 0.3) is 0 Å². The largest absolute Gasteiger partial charge is 0.439 e. The molecular formula is C31H32F5N5O5. The first kappa shape index (κ1) is 32.0. The van der Waals surface area contributed by atoms with Gasteiger partial charge in [-0.15, -0.1) is 10.2 Å². The van der Waals surface area contributed by atoms with E-state index in [9.17, 15) is 31.5 Å². The van der Waals surface area contributed by atoms with Gasteiger partial charge in [-0.25, -0.2) is 8.78 Å². The second-order valence-electron chi connectivity index (χ2n) is 12.5. The molecule has 15 heteroatoms. The van der Waals surface area contributed by atoms with Crippen molar-refractivity contribution in [2.24, 2.45) is 7.05 Å². The highest BCUT2D eigenvalue weighted by Crippen LogP contribution is 2.56. The minimum atomic E-state index is -4.90. The number of halogens is 5. The summed E-state index contributed by atoms with van der Waals surface area (Å²) >= 11 is 0. The Balaban J connectivity index is 1.33. The molecule has 1 amide bonds. The third-order valence-corrected chi connectivity index (χ3v) is 8.66. The Morgan fingerprint density at radius 2 is 1.93 bits per heavy atom. The van der Waals surface area contributed by atoms with Crippen LogP contribution in [-0.2, 0) is 50.6 Å². The molecule has 10 nitrogen and oxygen atoms in total. The third-order valence-electron chi connectivity index (χ3n) is 8.66. The molecule has 2 aromatic carbocycles. The van der Waals surface area contributed by atoms with Gasteiger partial charge in [0.2, 0.25) is 12.2 Å². The van der Waals surface area contributed by atoms with Gasteiger partial charge in [0.15, 0.2) is 5.79 Å². The van der Waals surface area contributed by atoms with E-state index >= 15 is 0 Å². The van der Waals surface area contributed by atoms with Crippen LogP contribution in [0.1, 0.15) is 71.4 Å². The summed E-state index contributed by atoms with van der Waals surface area (Å²) in [5.41, 5.74) is -2.28. The number of alkyl halides is 5. The van der Waals surface area contributed by atoms with Crippen molar-refractivity contribution in [3.05, 3.63) is 76.4 Å². The summed E-state index contributed by atoms with van der Waals surface area (Å²) in [5, 5.41) is 10.9. The molecule has 2 aliphatic heterocycles. The van der Waals surface area contributed by atoms with Crippen molar-refractivity contribution in [3.63, 3.8) is 0 Å². The maximum atomic E-state index is 14.5. The van der Waals surface area contributed by atoms with E-state index in [-0.39, 0.29) is 42.4 Å². The predicted molar refractivity (Wildman–Crippen MR) is 152 cm³/mol. The van der Waals surface area contributed by atoms with Crippen LogP contribution in [0.5, 0.6) is 0 Å². The van der Waals surface area contributed by atoms with Crippen molar-refractivity contribution in [3.8, 4) is 0 Å². The van der Waals surface area contributed by atoms with Crippen LogP contribution in [0.3, 0.4) is 0 Å². The van der Waals surface area contributed by atoms with E-state index in [1.54, 1.807) is 31.5 Å². The standard InChI is InChI=1S/C31H32F5N5O5/c1-28(2)45-13-21(46-28)12-37-11-18-7-22-25(23(8-18)31(34,35)36)27(44-17-42)41(26(22)43)20-6-4-5-19(9-20)29(14-30(32,33)15-29)10-24-39-38-16-40(24)3/h4-9,16-17,21,27,37H,10-15H2,1-3H3. The third kappa shape index (κ3) is 5.98. The molecule has 2 atom stereocenters. The predicted octanol–water partition coefficient (Wildman–Crippen LogP) is 4.82. The van der Waals surface area contributed by atoms with E-state index < -0.39 is 59.4 Å². The van der Waals surface area contributed by atoms with Crippen LogP contribution in [-0.4, -0.2) is 58.1 Å². The monoisotopic (exact) mass is 649 g/mol. The van der Waals surface area contributed by atoms with Gasteiger partial charge in [-0.1, -0.05) is 12.1 Å². The number of aromatic nitrogens is 3. The van der Waals surface area contributed by atoms with E-state index in [4.69, 9.17) is 14.2 Å². The summed E-state index contributed by atoms with van der Waals surface area (Å²) in [6, 6.07) is 8.36. The highest BCUT2D eigenvalue weighted by atomic mass is 19.4. The van der Waals surface area contributed by atoms with Gasteiger partial charge in [0.05, 0.1) is 18.3 Å². The smallest absolute Gasteiger partial charge is 0.416 e. The lowest BCUT2D eigenvalue weighted by molar-refractivity contribution is -0.142. The first-order valence-electron chi connectivity index (χ1n) is 14.6. The molecule has 3 heterocycles. The summed E-state index contributed by atoms with van der Waals surface area (Å²) in [6.07, 6.45) is -6.36.